The third-order valence-electron chi connectivity index (χ3n) is 16.2. The van der Waals surface area contributed by atoms with Crippen molar-refractivity contribution in [2.75, 3.05) is 55.2 Å². The molecule has 1 aromatic heterocycles. The molecule has 74 heavy (non-hydrogen) atoms. The van der Waals surface area contributed by atoms with Gasteiger partial charge < -0.3 is 73.2 Å². The van der Waals surface area contributed by atoms with E-state index in [0.717, 1.165) is 0 Å². The molecule has 0 unspecified atom stereocenters. The number of ether oxygens (including phenoxy) is 8. The van der Waals surface area contributed by atoms with Crippen LogP contribution in [-0.4, -0.2) is 208 Å². The monoisotopic (exact) mass is 1050 g/mol. The first-order valence-corrected chi connectivity index (χ1v) is 26.1. The molecule has 0 bridgehead atoms. The van der Waals surface area contributed by atoms with E-state index in [9.17, 15) is 39.5 Å². The maximum atomic E-state index is 14.8. The average molecular weight is 1050 g/mol. The summed E-state index contributed by atoms with van der Waals surface area (Å²) < 4.78 is 65.0. The van der Waals surface area contributed by atoms with Crippen LogP contribution in [0.1, 0.15) is 129 Å². The van der Waals surface area contributed by atoms with E-state index in [-0.39, 0.29) is 25.2 Å². The molecule has 20 atom stereocenters. The van der Waals surface area contributed by atoms with Crippen LogP contribution < -0.4 is 0 Å². The molecule has 21 heteroatoms. The second-order valence-electron chi connectivity index (χ2n) is 22.1. The third-order valence-corrected chi connectivity index (χ3v) is 16.2. The smallest absolute Gasteiger partial charge is 0.337 e. The minimum absolute atomic E-state index is 0.0756. The molecular formula is C53H88FN5O15. The molecule has 0 radical (unpaired) electrons. The zero-order valence-electron chi connectivity index (χ0n) is 46.3. The van der Waals surface area contributed by atoms with Crippen molar-refractivity contribution in [1.82, 2.24) is 24.8 Å². The van der Waals surface area contributed by atoms with Crippen LogP contribution in [0.25, 0.3) is 0 Å². The van der Waals surface area contributed by atoms with E-state index in [4.69, 9.17) is 37.9 Å². The van der Waals surface area contributed by atoms with Crippen LogP contribution in [0.15, 0.2) is 30.5 Å². The van der Waals surface area contributed by atoms with Gasteiger partial charge in [-0.2, -0.15) is 0 Å². The first-order chi connectivity index (χ1) is 34.7. The standard InChI is InChI=1S/C53H88FN5O15/c1-16-40-53(10,66)45(61)33(6)58(12)27-29(2)24-51(8,65)47(31(4)43(32(5)48(63)72-40)73-41-25-52(9,69-15)46(62)34(7)71-41)74-50-42(60)38(23-30(3)70-50)57(11)22-21-37-28-59(56-55-37)39(26-54)44(67-13)35-17-19-36(20-18-35)49(64)68-14/h17-20,28-34,38-47,50,60-62,65-66H,16,21-27H2,1-15H3/t29-,30-,31+,32-,33-,34+,38+,39-,40-,41+,42-,43+,44-,45-,46+,47-,50+,51-,52-,53-/m1/s1. The van der Waals surface area contributed by atoms with Crippen LogP contribution >= 0.6 is 0 Å². The molecule has 0 spiro atoms. The molecule has 422 valence electrons. The second kappa shape index (κ2) is 25.9. The summed E-state index contributed by atoms with van der Waals surface area (Å²) in [5.74, 6) is -3.41. The molecule has 4 heterocycles. The highest BCUT2D eigenvalue weighted by molar-refractivity contribution is 5.89. The summed E-state index contributed by atoms with van der Waals surface area (Å²) in [6.45, 7) is 17.3. The molecule has 0 saturated carbocycles. The van der Waals surface area contributed by atoms with E-state index in [1.165, 1.54) is 32.9 Å². The normalized spacial score (nSPS) is 39.2. The summed E-state index contributed by atoms with van der Waals surface area (Å²) in [5, 5.41) is 68.4. The largest absolute Gasteiger partial charge is 0.465 e. The number of nitrogens with zero attached hydrogens (tertiary/aromatic N) is 5. The lowest BCUT2D eigenvalue weighted by atomic mass is 9.77. The summed E-state index contributed by atoms with van der Waals surface area (Å²) >= 11 is 0. The molecule has 0 aliphatic carbocycles. The highest BCUT2D eigenvalue weighted by Gasteiger charge is 2.53. The van der Waals surface area contributed by atoms with Crippen molar-refractivity contribution in [3.63, 3.8) is 0 Å². The van der Waals surface area contributed by atoms with Crippen molar-refractivity contribution in [2.24, 2.45) is 17.8 Å². The minimum atomic E-state index is -1.86. The summed E-state index contributed by atoms with van der Waals surface area (Å²) in [6, 6.07) is 4.56. The minimum Gasteiger partial charge on any atom is -0.465 e. The number of alkyl halides is 1. The molecule has 1 aromatic carbocycles. The van der Waals surface area contributed by atoms with E-state index in [2.05, 4.69) is 10.3 Å². The van der Waals surface area contributed by atoms with Crippen molar-refractivity contribution in [1.29, 1.82) is 0 Å². The predicted molar refractivity (Wildman–Crippen MR) is 269 cm³/mol. The number of carbonyl (C=O) groups is 2. The quantitative estimate of drug-likeness (QED) is 0.150. The lowest BCUT2D eigenvalue weighted by Crippen LogP contribution is -2.61. The Kier molecular flexibility index (Phi) is 21.6. The van der Waals surface area contributed by atoms with Crippen LogP contribution in [0.2, 0.25) is 0 Å². The fourth-order valence-corrected chi connectivity index (χ4v) is 11.4. The molecule has 3 aliphatic heterocycles. The van der Waals surface area contributed by atoms with E-state index < -0.39 is 133 Å². The number of aliphatic hydroxyl groups is 5. The molecule has 3 fully saturated rings. The maximum absolute atomic E-state index is 14.8. The molecule has 0 amide bonds. The number of aromatic nitrogens is 3. The van der Waals surface area contributed by atoms with Crippen molar-refractivity contribution in [3.05, 3.63) is 47.3 Å². The molecule has 5 rings (SSSR count). The molecular weight excluding hydrogens is 966 g/mol. The molecule has 3 aliphatic rings. The number of hydrogen-bond acceptors (Lipinski definition) is 19. The number of esters is 2. The fraction of sp³-hybridized carbons (Fsp3) is 0.811. The van der Waals surface area contributed by atoms with Gasteiger partial charge >= 0.3 is 11.9 Å². The van der Waals surface area contributed by atoms with Gasteiger partial charge in [0, 0.05) is 64.3 Å². The predicted octanol–water partition coefficient (Wildman–Crippen LogP) is 3.79. The van der Waals surface area contributed by atoms with Gasteiger partial charge in [0.1, 0.15) is 48.8 Å². The second-order valence-corrected chi connectivity index (χ2v) is 22.1. The van der Waals surface area contributed by atoms with Crippen LogP contribution in [0.3, 0.4) is 0 Å². The van der Waals surface area contributed by atoms with Crippen molar-refractivity contribution in [2.45, 2.75) is 204 Å². The van der Waals surface area contributed by atoms with Gasteiger partial charge in [-0.1, -0.05) is 38.1 Å². The lowest BCUT2D eigenvalue weighted by molar-refractivity contribution is -0.318. The van der Waals surface area contributed by atoms with E-state index in [1.807, 2.05) is 37.7 Å². The van der Waals surface area contributed by atoms with Gasteiger partial charge in [0.25, 0.3) is 0 Å². The van der Waals surface area contributed by atoms with E-state index in [1.54, 1.807) is 78.9 Å². The summed E-state index contributed by atoms with van der Waals surface area (Å²) in [7, 11) is 7.94. The van der Waals surface area contributed by atoms with Gasteiger partial charge in [-0.15, -0.1) is 5.10 Å². The number of halogens is 1. The summed E-state index contributed by atoms with van der Waals surface area (Å²) in [6.07, 6.45) is -8.33. The number of benzene rings is 1. The molecule has 5 N–H and O–H groups in total. The Balaban J connectivity index is 1.44. The van der Waals surface area contributed by atoms with Crippen LogP contribution in [0, 0.1) is 17.8 Å². The van der Waals surface area contributed by atoms with Crippen LogP contribution in [-0.2, 0) is 49.1 Å². The Labute approximate surface area is 437 Å². The zero-order chi connectivity index (χ0) is 55.2. The zero-order valence-corrected chi connectivity index (χ0v) is 46.3. The SMILES string of the molecule is CC[C@H]1OC(=O)[C@H](C)[C@@H](O[C@H]2C[C@@](C)(OC)[C@@H](O)[C@H](C)O2)[C@H](C)[C@@H](O[C@@H]2O[C@H](C)C[C@H](N(C)CCc3cn([C@H](CF)[C@H](OC)c4ccc(C(=O)OC)cc4)nn3)[C@H]2O)[C@](C)(O)C[C@@H](C)CN(C)[C@H](C)[C@@H](O)[C@]1(C)O. The molecule has 2 aromatic rings. The average Bonchev–Trinajstić information content (AvgIpc) is 3.84. The molecule has 3 saturated heterocycles. The summed E-state index contributed by atoms with van der Waals surface area (Å²) in [4.78, 5) is 30.4. The number of cyclic esters (lactones) is 1. The lowest BCUT2D eigenvalue weighted by Gasteiger charge is -2.49. The van der Waals surface area contributed by atoms with Gasteiger partial charge in [-0.25, -0.2) is 13.9 Å². The van der Waals surface area contributed by atoms with Crippen molar-refractivity contribution in [3.8, 4) is 0 Å². The fourth-order valence-electron chi connectivity index (χ4n) is 11.4. The Bertz CT molecular complexity index is 2090. The Morgan fingerprint density at radius 3 is 2.23 bits per heavy atom. The van der Waals surface area contributed by atoms with Gasteiger partial charge in [0.05, 0.1) is 59.9 Å². The number of carbonyl (C=O) groups excluding carboxylic acids is 2. The van der Waals surface area contributed by atoms with Gasteiger partial charge in [0.15, 0.2) is 12.6 Å². The number of aliphatic hydroxyl groups excluding tert-OH is 3. The number of hydrogen-bond donors (Lipinski definition) is 5. The third kappa shape index (κ3) is 14.1. The van der Waals surface area contributed by atoms with Crippen LogP contribution in [0.4, 0.5) is 4.39 Å². The van der Waals surface area contributed by atoms with Crippen molar-refractivity contribution >= 4 is 11.9 Å². The number of methoxy groups -OCH3 is 3. The highest BCUT2D eigenvalue weighted by atomic mass is 19.1. The number of likely N-dealkylation sites (N-methyl/N-ethyl adjacent to an activating group) is 2. The van der Waals surface area contributed by atoms with Crippen LogP contribution in [0.5, 0.6) is 0 Å². The first-order valence-electron chi connectivity index (χ1n) is 26.1. The molecule has 20 nitrogen and oxygen atoms in total. The topological polar surface area (TPSA) is 246 Å². The van der Waals surface area contributed by atoms with Crippen molar-refractivity contribution < 1.29 is 77.4 Å². The maximum Gasteiger partial charge on any atom is 0.337 e. The van der Waals surface area contributed by atoms with E-state index in [0.29, 0.717) is 42.8 Å². The summed E-state index contributed by atoms with van der Waals surface area (Å²) in [5.41, 5.74) is -3.07. The van der Waals surface area contributed by atoms with Gasteiger partial charge in [0.2, 0.25) is 0 Å². The Hall–Kier alpha value is -3.29. The Morgan fingerprint density at radius 1 is 0.973 bits per heavy atom. The Morgan fingerprint density at radius 2 is 1.64 bits per heavy atom. The highest BCUT2D eigenvalue weighted by Crippen LogP contribution is 2.41. The van der Waals surface area contributed by atoms with Gasteiger partial charge in [-0.05, 0) is 105 Å². The van der Waals surface area contributed by atoms with E-state index >= 15 is 0 Å². The first kappa shape index (κ1) is 61.6. The van der Waals surface area contributed by atoms with Gasteiger partial charge in [-0.3, -0.25) is 4.79 Å². The number of rotatable bonds is 16.